The minimum atomic E-state index is 0.285. The summed E-state index contributed by atoms with van der Waals surface area (Å²) in [4.78, 5) is 0. The topological polar surface area (TPSA) is 42.7 Å². The molecular weight excluding hydrogens is 200 g/mol. The smallest absolute Gasteiger partial charge is 0.0842 e. The molecule has 16 heavy (non-hydrogen) atoms. The van der Waals surface area contributed by atoms with Crippen LogP contribution >= 0.6 is 0 Å². The average Bonchev–Trinajstić information content (AvgIpc) is 2.63. The van der Waals surface area contributed by atoms with E-state index in [9.17, 15) is 0 Å². The minimum absolute atomic E-state index is 0.285. The highest BCUT2D eigenvalue weighted by Crippen LogP contribution is 2.26. The van der Waals surface area contributed by atoms with Crippen LogP contribution in [-0.4, -0.2) is 27.6 Å². The van der Waals surface area contributed by atoms with Crippen molar-refractivity contribution in [3.8, 4) is 0 Å². The van der Waals surface area contributed by atoms with Crippen molar-refractivity contribution in [2.75, 3.05) is 6.54 Å². The standard InChI is InChI=1S/C12H24N4/c1-6-12(3,4)11(13-7-2)8-10-9-16(5)15-14-10/h9,11,13H,6-8H2,1-5H3. The van der Waals surface area contributed by atoms with Crippen molar-refractivity contribution >= 4 is 0 Å². The fourth-order valence-corrected chi connectivity index (χ4v) is 1.82. The van der Waals surface area contributed by atoms with E-state index in [1.165, 1.54) is 0 Å². The molecule has 0 aliphatic rings. The normalized spacial score (nSPS) is 14.1. The number of aryl methyl sites for hydroxylation is 1. The van der Waals surface area contributed by atoms with Crippen LogP contribution in [0, 0.1) is 5.41 Å². The molecule has 0 aliphatic carbocycles. The van der Waals surface area contributed by atoms with Gasteiger partial charge < -0.3 is 5.32 Å². The number of nitrogens with one attached hydrogen (secondary N) is 1. The Labute approximate surface area is 98.4 Å². The van der Waals surface area contributed by atoms with Crippen LogP contribution in [0.5, 0.6) is 0 Å². The third kappa shape index (κ3) is 3.30. The second kappa shape index (κ2) is 5.43. The van der Waals surface area contributed by atoms with Crippen molar-refractivity contribution < 1.29 is 0 Å². The van der Waals surface area contributed by atoms with E-state index < -0.39 is 0 Å². The van der Waals surface area contributed by atoms with E-state index in [0.29, 0.717) is 6.04 Å². The molecule has 0 radical (unpaired) electrons. The summed E-state index contributed by atoms with van der Waals surface area (Å²) in [6.07, 6.45) is 4.10. The Kier molecular flexibility index (Phi) is 4.47. The number of hydrogen-bond acceptors (Lipinski definition) is 3. The average molecular weight is 224 g/mol. The number of nitrogens with zero attached hydrogens (tertiary/aromatic N) is 3. The van der Waals surface area contributed by atoms with Gasteiger partial charge in [0.2, 0.25) is 0 Å². The molecule has 1 atom stereocenters. The number of hydrogen-bond donors (Lipinski definition) is 1. The molecular formula is C12H24N4. The van der Waals surface area contributed by atoms with E-state index in [0.717, 1.165) is 25.1 Å². The second-order valence-electron chi connectivity index (χ2n) is 5.04. The van der Waals surface area contributed by atoms with Crippen molar-refractivity contribution in [3.63, 3.8) is 0 Å². The Bertz CT molecular complexity index is 317. The third-order valence-electron chi connectivity index (χ3n) is 3.37. The van der Waals surface area contributed by atoms with E-state index in [1.807, 2.05) is 13.2 Å². The van der Waals surface area contributed by atoms with Gasteiger partial charge in [0, 0.05) is 25.7 Å². The van der Waals surface area contributed by atoms with Crippen LogP contribution in [-0.2, 0) is 13.5 Å². The zero-order valence-electron chi connectivity index (χ0n) is 11.1. The van der Waals surface area contributed by atoms with Gasteiger partial charge in [0.05, 0.1) is 5.69 Å². The van der Waals surface area contributed by atoms with Gasteiger partial charge >= 0.3 is 0 Å². The molecule has 1 aromatic heterocycles. The number of aromatic nitrogens is 3. The molecule has 1 aromatic rings. The molecule has 1 unspecified atom stereocenters. The summed E-state index contributed by atoms with van der Waals surface area (Å²) in [5, 5.41) is 11.7. The van der Waals surface area contributed by atoms with Crippen LogP contribution in [0.1, 0.15) is 39.8 Å². The molecule has 1 N–H and O–H groups in total. The van der Waals surface area contributed by atoms with Gasteiger partial charge in [-0.3, -0.25) is 4.68 Å². The number of likely N-dealkylation sites (N-methyl/N-ethyl adjacent to an activating group) is 1. The van der Waals surface area contributed by atoms with E-state index in [-0.39, 0.29) is 5.41 Å². The monoisotopic (exact) mass is 224 g/mol. The SMILES string of the molecule is CCNC(Cc1cn(C)nn1)C(C)(C)CC. The maximum Gasteiger partial charge on any atom is 0.0842 e. The van der Waals surface area contributed by atoms with Gasteiger partial charge in [-0.1, -0.05) is 32.9 Å². The quantitative estimate of drug-likeness (QED) is 0.801. The largest absolute Gasteiger partial charge is 0.313 e. The van der Waals surface area contributed by atoms with Crippen LogP contribution in [0.4, 0.5) is 0 Å². The summed E-state index contributed by atoms with van der Waals surface area (Å²) >= 11 is 0. The van der Waals surface area contributed by atoms with Crippen LogP contribution in [0.2, 0.25) is 0 Å². The van der Waals surface area contributed by atoms with Crippen LogP contribution in [0.15, 0.2) is 6.20 Å². The highest BCUT2D eigenvalue weighted by molar-refractivity contribution is 4.99. The molecule has 0 amide bonds. The molecule has 0 saturated heterocycles. The first-order chi connectivity index (χ1) is 7.49. The van der Waals surface area contributed by atoms with Crippen LogP contribution < -0.4 is 5.32 Å². The summed E-state index contributed by atoms with van der Waals surface area (Å²) in [7, 11) is 1.91. The fourth-order valence-electron chi connectivity index (χ4n) is 1.82. The minimum Gasteiger partial charge on any atom is -0.313 e. The lowest BCUT2D eigenvalue weighted by Crippen LogP contribution is -2.43. The van der Waals surface area contributed by atoms with Crippen molar-refractivity contribution in [1.29, 1.82) is 0 Å². The molecule has 0 saturated carbocycles. The molecule has 0 aliphatic heterocycles. The lowest BCUT2D eigenvalue weighted by atomic mass is 9.79. The molecule has 4 nitrogen and oxygen atoms in total. The van der Waals surface area contributed by atoms with E-state index in [1.54, 1.807) is 4.68 Å². The molecule has 1 heterocycles. The van der Waals surface area contributed by atoms with Crippen molar-refractivity contribution in [2.24, 2.45) is 12.5 Å². The zero-order valence-corrected chi connectivity index (χ0v) is 11.1. The molecule has 4 heteroatoms. The summed E-state index contributed by atoms with van der Waals surface area (Å²) in [5.74, 6) is 0. The third-order valence-corrected chi connectivity index (χ3v) is 3.37. The number of rotatable bonds is 6. The van der Waals surface area contributed by atoms with Gasteiger partial charge in [-0.2, -0.15) is 0 Å². The first kappa shape index (κ1) is 13.2. The Hall–Kier alpha value is -0.900. The molecule has 1 rings (SSSR count). The van der Waals surface area contributed by atoms with Gasteiger partial charge in [0.1, 0.15) is 0 Å². The van der Waals surface area contributed by atoms with Gasteiger partial charge in [0.15, 0.2) is 0 Å². The van der Waals surface area contributed by atoms with E-state index in [4.69, 9.17) is 0 Å². The van der Waals surface area contributed by atoms with Crippen molar-refractivity contribution in [2.45, 2.75) is 46.6 Å². The highest BCUT2D eigenvalue weighted by Gasteiger charge is 2.27. The maximum absolute atomic E-state index is 4.16. The van der Waals surface area contributed by atoms with Crippen molar-refractivity contribution in [3.05, 3.63) is 11.9 Å². The summed E-state index contributed by atoms with van der Waals surface area (Å²) in [6, 6.07) is 0.458. The van der Waals surface area contributed by atoms with Crippen LogP contribution in [0.3, 0.4) is 0 Å². The first-order valence-electron chi connectivity index (χ1n) is 6.08. The zero-order chi connectivity index (χ0) is 12.2. The lowest BCUT2D eigenvalue weighted by molar-refractivity contribution is 0.231. The van der Waals surface area contributed by atoms with E-state index >= 15 is 0 Å². The summed E-state index contributed by atoms with van der Waals surface area (Å²) < 4.78 is 1.76. The van der Waals surface area contributed by atoms with Crippen molar-refractivity contribution in [1.82, 2.24) is 20.3 Å². The molecule has 0 spiro atoms. The fraction of sp³-hybridized carbons (Fsp3) is 0.833. The van der Waals surface area contributed by atoms with Gasteiger partial charge in [-0.25, -0.2) is 0 Å². The summed E-state index contributed by atoms with van der Waals surface area (Å²) in [6.45, 7) is 9.98. The Morgan fingerprint density at radius 2 is 2.12 bits per heavy atom. The van der Waals surface area contributed by atoms with E-state index in [2.05, 4.69) is 43.3 Å². The second-order valence-corrected chi connectivity index (χ2v) is 5.04. The molecule has 0 fully saturated rings. The highest BCUT2D eigenvalue weighted by atomic mass is 15.4. The lowest BCUT2D eigenvalue weighted by Gasteiger charge is -2.33. The van der Waals surface area contributed by atoms with Gasteiger partial charge in [-0.05, 0) is 18.4 Å². The van der Waals surface area contributed by atoms with Gasteiger partial charge in [0.25, 0.3) is 0 Å². The predicted octanol–water partition coefficient (Wildman–Crippen LogP) is 1.77. The Balaban J connectivity index is 2.71. The first-order valence-corrected chi connectivity index (χ1v) is 6.08. The van der Waals surface area contributed by atoms with Gasteiger partial charge in [-0.15, -0.1) is 5.10 Å². The molecule has 0 bridgehead atoms. The predicted molar refractivity (Wildman–Crippen MR) is 66.2 cm³/mol. The van der Waals surface area contributed by atoms with Crippen LogP contribution in [0.25, 0.3) is 0 Å². The molecule has 0 aromatic carbocycles. The molecule has 92 valence electrons. The Morgan fingerprint density at radius 3 is 2.56 bits per heavy atom. The Morgan fingerprint density at radius 1 is 1.44 bits per heavy atom. The maximum atomic E-state index is 4.16. The summed E-state index contributed by atoms with van der Waals surface area (Å²) in [5.41, 5.74) is 1.35.